The van der Waals surface area contributed by atoms with Crippen molar-refractivity contribution in [3.63, 3.8) is 0 Å². The van der Waals surface area contributed by atoms with Gasteiger partial charge >= 0.3 is 0 Å². The van der Waals surface area contributed by atoms with Crippen LogP contribution in [0.25, 0.3) is 0 Å². The van der Waals surface area contributed by atoms with Gasteiger partial charge in [0.25, 0.3) is 0 Å². The third kappa shape index (κ3) is 7.14. The van der Waals surface area contributed by atoms with E-state index in [0.29, 0.717) is 13.0 Å². The van der Waals surface area contributed by atoms with E-state index in [2.05, 4.69) is 17.6 Å². The maximum absolute atomic E-state index is 11.7. The number of amides is 1. The monoisotopic (exact) mass is 292 g/mol. The smallest absolute Gasteiger partial charge is 0.221 e. The quantitative estimate of drug-likeness (QED) is 0.721. The zero-order valence-corrected chi connectivity index (χ0v) is 13.1. The fourth-order valence-corrected chi connectivity index (χ4v) is 2.47. The highest BCUT2D eigenvalue weighted by molar-refractivity contribution is 5.85. The van der Waals surface area contributed by atoms with Gasteiger partial charge < -0.3 is 15.4 Å². The molecule has 0 heterocycles. The first-order valence-corrected chi connectivity index (χ1v) is 7.28. The van der Waals surface area contributed by atoms with E-state index in [1.165, 1.54) is 19.3 Å². The second kappa shape index (κ2) is 10.5. The van der Waals surface area contributed by atoms with Crippen LogP contribution in [0, 0.1) is 0 Å². The maximum atomic E-state index is 11.7. The van der Waals surface area contributed by atoms with Gasteiger partial charge in [-0.1, -0.05) is 26.2 Å². The van der Waals surface area contributed by atoms with Gasteiger partial charge in [0.1, 0.15) is 0 Å². The molecule has 0 aliphatic heterocycles. The second-order valence-electron chi connectivity index (χ2n) is 5.22. The van der Waals surface area contributed by atoms with Crippen molar-refractivity contribution in [2.75, 3.05) is 26.7 Å². The predicted molar refractivity (Wildman–Crippen MR) is 80.9 cm³/mol. The van der Waals surface area contributed by atoms with Gasteiger partial charge in [-0.25, -0.2) is 0 Å². The molecule has 0 radical (unpaired) electrons. The van der Waals surface area contributed by atoms with Crippen LogP contribution in [0.5, 0.6) is 0 Å². The topological polar surface area (TPSA) is 50.4 Å². The molecule has 1 aliphatic rings. The molecule has 4 nitrogen and oxygen atoms in total. The highest BCUT2D eigenvalue weighted by Crippen LogP contribution is 2.31. The van der Waals surface area contributed by atoms with Crippen LogP contribution in [0.4, 0.5) is 0 Å². The Morgan fingerprint density at radius 2 is 1.95 bits per heavy atom. The van der Waals surface area contributed by atoms with Crippen molar-refractivity contribution >= 4 is 18.3 Å². The summed E-state index contributed by atoms with van der Waals surface area (Å²) in [6, 6.07) is 0. The van der Waals surface area contributed by atoms with Crippen LogP contribution in [-0.2, 0) is 9.53 Å². The lowest BCUT2D eigenvalue weighted by Gasteiger charge is -2.37. The van der Waals surface area contributed by atoms with Gasteiger partial charge in [-0.05, 0) is 26.3 Å². The van der Waals surface area contributed by atoms with Gasteiger partial charge in [0.05, 0.1) is 5.60 Å². The lowest BCUT2D eigenvalue weighted by atomic mass is 9.84. The number of hydrogen-bond acceptors (Lipinski definition) is 3. The van der Waals surface area contributed by atoms with E-state index in [4.69, 9.17) is 4.74 Å². The molecule has 0 atom stereocenters. The van der Waals surface area contributed by atoms with Crippen LogP contribution in [0.15, 0.2) is 0 Å². The molecule has 0 aromatic heterocycles. The molecule has 5 heteroatoms. The molecule has 1 fully saturated rings. The van der Waals surface area contributed by atoms with Gasteiger partial charge in [0.15, 0.2) is 0 Å². The standard InChI is InChI=1S/C14H28N2O2.ClH/c1-3-11-18-14(8-5-4-6-9-14)12-16-13(17)7-10-15-2;/h15H,3-12H2,1-2H3,(H,16,17);1H. The maximum Gasteiger partial charge on any atom is 0.221 e. The zero-order chi connectivity index (χ0) is 13.3. The van der Waals surface area contributed by atoms with Gasteiger partial charge in [0.2, 0.25) is 5.91 Å². The van der Waals surface area contributed by atoms with E-state index in [-0.39, 0.29) is 23.9 Å². The Balaban J connectivity index is 0.00000324. The summed E-state index contributed by atoms with van der Waals surface area (Å²) in [6.45, 7) is 4.33. The molecule has 0 aromatic carbocycles. The molecule has 0 bridgehead atoms. The lowest BCUT2D eigenvalue weighted by molar-refractivity contribution is -0.124. The number of rotatable bonds is 8. The average molecular weight is 293 g/mol. The molecular formula is C14H29ClN2O2. The summed E-state index contributed by atoms with van der Waals surface area (Å²) in [7, 11) is 1.86. The number of nitrogens with one attached hydrogen (secondary N) is 2. The number of carbonyl (C=O) groups is 1. The summed E-state index contributed by atoms with van der Waals surface area (Å²) in [6.07, 6.45) is 7.48. The van der Waals surface area contributed by atoms with Crippen LogP contribution in [0.2, 0.25) is 0 Å². The van der Waals surface area contributed by atoms with Crippen molar-refractivity contribution in [1.82, 2.24) is 10.6 Å². The minimum absolute atomic E-state index is 0. The molecule has 1 aliphatic carbocycles. The molecule has 1 saturated carbocycles. The summed E-state index contributed by atoms with van der Waals surface area (Å²) in [5.41, 5.74) is -0.0937. The normalized spacial score (nSPS) is 17.6. The highest BCUT2D eigenvalue weighted by Gasteiger charge is 2.32. The van der Waals surface area contributed by atoms with Crippen LogP contribution in [0.1, 0.15) is 51.9 Å². The number of ether oxygens (including phenoxy) is 1. The summed E-state index contributed by atoms with van der Waals surface area (Å²) in [5, 5.41) is 6.02. The number of carbonyl (C=O) groups excluding carboxylic acids is 1. The molecule has 0 spiro atoms. The molecule has 114 valence electrons. The summed E-state index contributed by atoms with van der Waals surface area (Å²) < 4.78 is 6.04. The molecular weight excluding hydrogens is 264 g/mol. The molecule has 0 saturated heterocycles. The third-order valence-corrected chi connectivity index (χ3v) is 3.59. The van der Waals surface area contributed by atoms with E-state index in [0.717, 1.165) is 32.4 Å². The first-order chi connectivity index (χ1) is 8.72. The van der Waals surface area contributed by atoms with Crippen molar-refractivity contribution in [3.8, 4) is 0 Å². The fraction of sp³-hybridized carbons (Fsp3) is 0.929. The zero-order valence-electron chi connectivity index (χ0n) is 12.3. The minimum atomic E-state index is -0.0937. The third-order valence-electron chi connectivity index (χ3n) is 3.59. The number of hydrogen-bond donors (Lipinski definition) is 2. The summed E-state index contributed by atoms with van der Waals surface area (Å²) in [4.78, 5) is 11.7. The first-order valence-electron chi connectivity index (χ1n) is 7.28. The van der Waals surface area contributed by atoms with Gasteiger partial charge in [-0.3, -0.25) is 4.79 Å². The van der Waals surface area contributed by atoms with Crippen LogP contribution in [0.3, 0.4) is 0 Å². The average Bonchev–Trinajstić information content (AvgIpc) is 2.42. The van der Waals surface area contributed by atoms with E-state index in [1.54, 1.807) is 0 Å². The van der Waals surface area contributed by atoms with Crippen molar-refractivity contribution in [2.45, 2.75) is 57.5 Å². The molecule has 0 unspecified atom stereocenters. The van der Waals surface area contributed by atoms with Gasteiger partial charge in [-0.2, -0.15) is 0 Å². The Labute approximate surface area is 123 Å². The number of halogens is 1. The summed E-state index contributed by atoms with van der Waals surface area (Å²) >= 11 is 0. The molecule has 1 rings (SSSR count). The van der Waals surface area contributed by atoms with Crippen LogP contribution < -0.4 is 10.6 Å². The van der Waals surface area contributed by atoms with E-state index < -0.39 is 0 Å². The largest absolute Gasteiger partial charge is 0.373 e. The van der Waals surface area contributed by atoms with Crippen LogP contribution in [-0.4, -0.2) is 38.3 Å². The molecule has 0 aromatic rings. The summed E-state index contributed by atoms with van der Waals surface area (Å²) in [5.74, 6) is 0.120. The minimum Gasteiger partial charge on any atom is -0.373 e. The van der Waals surface area contributed by atoms with Crippen LogP contribution >= 0.6 is 12.4 Å². The highest BCUT2D eigenvalue weighted by atomic mass is 35.5. The Kier molecular flexibility index (Phi) is 10.3. The van der Waals surface area contributed by atoms with E-state index in [1.807, 2.05) is 7.05 Å². The van der Waals surface area contributed by atoms with Gasteiger partial charge in [-0.15, -0.1) is 12.4 Å². The molecule has 19 heavy (non-hydrogen) atoms. The van der Waals surface area contributed by atoms with Crippen molar-refractivity contribution < 1.29 is 9.53 Å². The van der Waals surface area contributed by atoms with E-state index >= 15 is 0 Å². The fourth-order valence-electron chi connectivity index (χ4n) is 2.47. The SMILES string of the molecule is CCCOC1(CNC(=O)CCNC)CCCCC1.Cl. The molecule has 2 N–H and O–H groups in total. The van der Waals surface area contributed by atoms with E-state index in [9.17, 15) is 4.79 Å². The Bertz CT molecular complexity index is 244. The predicted octanol–water partition coefficient (Wildman–Crippen LogP) is 2.26. The Hall–Kier alpha value is -0.320. The molecule has 1 amide bonds. The second-order valence-corrected chi connectivity index (χ2v) is 5.22. The van der Waals surface area contributed by atoms with Crippen molar-refractivity contribution in [1.29, 1.82) is 0 Å². The Morgan fingerprint density at radius 1 is 1.26 bits per heavy atom. The van der Waals surface area contributed by atoms with Gasteiger partial charge in [0, 0.05) is 26.1 Å². The van der Waals surface area contributed by atoms with Crippen molar-refractivity contribution in [2.24, 2.45) is 0 Å². The first kappa shape index (κ1) is 18.7. The Morgan fingerprint density at radius 3 is 2.53 bits per heavy atom. The lowest BCUT2D eigenvalue weighted by Crippen LogP contribution is -2.46. The van der Waals surface area contributed by atoms with Crippen molar-refractivity contribution in [3.05, 3.63) is 0 Å².